The summed E-state index contributed by atoms with van der Waals surface area (Å²) in [6.07, 6.45) is 2.16. The van der Waals surface area contributed by atoms with Crippen molar-refractivity contribution in [2.75, 3.05) is 13.1 Å². The van der Waals surface area contributed by atoms with Gasteiger partial charge in [-0.3, -0.25) is 43.2 Å². The molecule has 74 heavy (non-hydrogen) atoms. The molecule has 2 aliphatic rings. The third-order valence-corrected chi connectivity index (χ3v) is 13.6. The number of likely N-dealkylation sites (tertiary alicyclic amines) is 2. The monoisotopic (exact) mass is 1040 g/mol. The van der Waals surface area contributed by atoms with Gasteiger partial charge in [-0.2, -0.15) is 0 Å². The highest BCUT2D eigenvalue weighted by Crippen LogP contribution is 2.23. The molecule has 9 amide bonds. The summed E-state index contributed by atoms with van der Waals surface area (Å²) in [5, 5.41) is 26.2. The predicted molar refractivity (Wildman–Crippen MR) is 277 cm³/mol. The SMILES string of the molecule is CC[C@H](C)[C@H]([NH3+])C(=O)N[C@@H](CC(C)C)C(=O)N[C@@H](CC(N)=O)C(=O)N1CCC[C@H]1C(=O)N[C@@H](Cc1ccccc1)C(=O)N[C@@H](CC(C)C)C(=O)N1CCC[C@H]1C(=O)N[C@@H](CC(C)C)C(=O)N[C@@H](CC(C)C)C(=O)O. The zero-order valence-corrected chi connectivity index (χ0v) is 45.4. The summed E-state index contributed by atoms with van der Waals surface area (Å²) in [4.78, 5) is 139. The van der Waals surface area contributed by atoms with Crippen LogP contribution in [0.25, 0.3) is 0 Å². The summed E-state index contributed by atoms with van der Waals surface area (Å²) >= 11 is 0. The fourth-order valence-corrected chi connectivity index (χ4v) is 9.43. The van der Waals surface area contributed by atoms with Gasteiger partial charge in [-0.05, 0) is 87.0 Å². The smallest absolute Gasteiger partial charge is 0.326 e. The molecule has 0 unspecified atom stereocenters. The van der Waals surface area contributed by atoms with Gasteiger partial charge in [-0.15, -0.1) is 0 Å². The van der Waals surface area contributed by atoms with Gasteiger partial charge >= 0.3 is 5.97 Å². The van der Waals surface area contributed by atoms with E-state index in [0.717, 1.165) is 0 Å². The molecule has 0 spiro atoms. The van der Waals surface area contributed by atoms with Gasteiger partial charge in [0.05, 0.1) is 6.42 Å². The number of carbonyl (C=O) groups is 10. The zero-order chi connectivity index (χ0) is 55.6. The first-order valence-corrected chi connectivity index (χ1v) is 26.5. The van der Waals surface area contributed by atoms with E-state index in [2.05, 4.69) is 37.6 Å². The number of carbonyl (C=O) groups excluding carboxylic acids is 9. The lowest BCUT2D eigenvalue weighted by atomic mass is 9.97. The molecule has 21 heteroatoms. The van der Waals surface area contributed by atoms with Crippen LogP contribution in [0.5, 0.6) is 0 Å². The molecule has 2 fully saturated rings. The maximum absolute atomic E-state index is 14.6. The molecule has 0 bridgehead atoms. The molecular formula is C53H87N10O11+. The van der Waals surface area contributed by atoms with Crippen molar-refractivity contribution >= 4 is 59.1 Å². The fraction of sp³-hybridized carbons (Fsp3) is 0.698. The van der Waals surface area contributed by atoms with Crippen LogP contribution >= 0.6 is 0 Å². The zero-order valence-electron chi connectivity index (χ0n) is 45.4. The Labute approximate surface area is 436 Å². The molecule has 1 aromatic carbocycles. The lowest BCUT2D eigenvalue weighted by Gasteiger charge is -2.32. The van der Waals surface area contributed by atoms with Crippen molar-refractivity contribution in [3.05, 3.63) is 35.9 Å². The maximum Gasteiger partial charge on any atom is 0.326 e. The van der Waals surface area contributed by atoms with Gasteiger partial charge in [-0.25, -0.2) is 4.79 Å². The number of amides is 9. The summed E-state index contributed by atoms with van der Waals surface area (Å²) in [7, 11) is 0. The van der Waals surface area contributed by atoms with Gasteiger partial charge in [0.25, 0.3) is 5.91 Å². The Balaban J connectivity index is 1.88. The number of hydrogen-bond donors (Lipinski definition) is 9. The molecule has 2 aliphatic heterocycles. The Morgan fingerprint density at radius 3 is 1.42 bits per heavy atom. The maximum atomic E-state index is 14.6. The Bertz CT molecular complexity index is 2100. The van der Waals surface area contributed by atoms with Crippen LogP contribution in [0.1, 0.15) is 139 Å². The van der Waals surface area contributed by atoms with Crippen LogP contribution in [0.4, 0.5) is 0 Å². The van der Waals surface area contributed by atoms with Gasteiger partial charge in [-0.1, -0.05) is 99.6 Å². The molecule has 1 aromatic rings. The summed E-state index contributed by atoms with van der Waals surface area (Å²) in [6.45, 7) is 18.9. The van der Waals surface area contributed by atoms with Crippen LogP contribution in [0.2, 0.25) is 0 Å². The molecule has 414 valence electrons. The summed E-state index contributed by atoms with van der Waals surface area (Å²) in [6, 6.07) is -1.09. The van der Waals surface area contributed by atoms with Gasteiger partial charge in [0.1, 0.15) is 48.3 Å². The van der Waals surface area contributed by atoms with Gasteiger partial charge in [0, 0.05) is 25.4 Å². The van der Waals surface area contributed by atoms with Gasteiger partial charge in [0.15, 0.2) is 6.04 Å². The molecule has 2 heterocycles. The van der Waals surface area contributed by atoms with Crippen molar-refractivity contribution in [1.82, 2.24) is 41.7 Å². The first kappa shape index (κ1) is 62.2. The number of primary amides is 1. The normalized spacial score (nSPS) is 18.9. The van der Waals surface area contributed by atoms with Crippen molar-refractivity contribution in [3.8, 4) is 0 Å². The van der Waals surface area contributed by atoms with Crippen molar-refractivity contribution < 1.29 is 58.8 Å². The standard InChI is InChI=1S/C53H86N10O11/c1-11-33(10)44(55)50(70)58-36(24-30(4)5)45(65)60-39(28-43(54)64)52(72)63-22-16-20-42(63)49(69)57-37(27-34-17-13-12-14-18-34)47(67)59-38(25-31(6)7)51(71)62-21-15-19-41(62)48(68)56-35(23-29(2)3)46(66)61-40(53(73)74)26-32(8)9/h12-14,17-18,29-33,35-42,44H,11,15-16,19-28,55H2,1-10H3,(H2,54,64)(H,56,68)(H,57,69)(H,58,70)(H,59,67)(H,60,65)(H,61,66)(H,73,74)/p+1/t33-,35-,36-,37-,38-,39-,40-,41-,42-,44-/m0/s1. The highest BCUT2D eigenvalue weighted by molar-refractivity contribution is 5.99. The van der Waals surface area contributed by atoms with E-state index in [1.807, 2.05) is 69.2 Å². The van der Waals surface area contributed by atoms with Gasteiger partial charge < -0.3 is 58.3 Å². The number of aliphatic carboxylic acids is 1. The Morgan fingerprint density at radius 1 is 0.568 bits per heavy atom. The van der Waals surface area contributed by atoms with E-state index < -0.39 is 120 Å². The molecule has 12 N–H and O–H groups in total. The number of rotatable bonds is 29. The molecule has 2 saturated heterocycles. The van der Waals surface area contributed by atoms with Crippen molar-refractivity contribution in [1.29, 1.82) is 0 Å². The largest absolute Gasteiger partial charge is 0.480 e. The van der Waals surface area contributed by atoms with Crippen LogP contribution in [0.3, 0.4) is 0 Å². The van der Waals surface area contributed by atoms with Crippen molar-refractivity contribution in [2.45, 2.75) is 194 Å². The van der Waals surface area contributed by atoms with Crippen LogP contribution in [0, 0.1) is 29.6 Å². The molecule has 0 radical (unpaired) electrons. The van der Waals surface area contributed by atoms with Crippen LogP contribution in [-0.2, 0) is 54.4 Å². The second-order valence-electron chi connectivity index (χ2n) is 22.0. The molecule has 0 aliphatic carbocycles. The topological polar surface area (TPSA) is 323 Å². The molecule has 10 atom stereocenters. The average molecular weight is 1040 g/mol. The van der Waals surface area contributed by atoms with Crippen LogP contribution in [-0.4, -0.2) is 142 Å². The molecular weight excluding hydrogens is 953 g/mol. The average Bonchev–Trinajstić information content (AvgIpc) is 4.03. The number of quaternary nitrogens is 1. The summed E-state index contributed by atoms with van der Waals surface area (Å²) < 4.78 is 0. The molecule has 0 aromatic heterocycles. The van der Waals surface area contributed by atoms with E-state index in [9.17, 15) is 53.1 Å². The third-order valence-electron chi connectivity index (χ3n) is 13.6. The van der Waals surface area contributed by atoms with E-state index in [0.29, 0.717) is 24.8 Å². The lowest BCUT2D eigenvalue weighted by molar-refractivity contribution is -0.415. The highest BCUT2D eigenvalue weighted by atomic mass is 16.4. The summed E-state index contributed by atoms with van der Waals surface area (Å²) in [5.41, 5.74) is 10.2. The molecule has 21 nitrogen and oxygen atoms in total. The quantitative estimate of drug-likeness (QED) is 0.0544. The number of carboxylic acid groups (broad SMARTS) is 1. The van der Waals surface area contributed by atoms with Crippen LogP contribution in [0.15, 0.2) is 30.3 Å². The van der Waals surface area contributed by atoms with E-state index >= 15 is 0 Å². The second-order valence-corrected chi connectivity index (χ2v) is 22.0. The van der Waals surface area contributed by atoms with Gasteiger partial charge in [0.2, 0.25) is 47.3 Å². The fourth-order valence-electron chi connectivity index (χ4n) is 9.43. The van der Waals surface area contributed by atoms with E-state index in [4.69, 9.17) is 5.73 Å². The minimum absolute atomic E-state index is 0.00981. The van der Waals surface area contributed by atoms with E-state index in [1.54, 1.807) is 30.3 Å². The first-order chi connectivity index (χ1) is 34.7. The summed E-state index contributed by atoms with van der Waals surface area (Å²) in [5.74, 6) is -7.45. The van der Waals surface area contributed by atoms with E-state index in [-0.39, 0.29) is 87.6 Å². The predicted octanol–water partition coefficient (Wildman–Crippen LogP) is 0.921. The van der Waals surface area contributed by atoms with Crippen molar-refractivity contribution in [3.63, 3.8) is 0 Å². The minimum atomic E-state index is -1.48. The molecule has 0 saturated carbocycles. The number of carboxylic acids is 1. The number of hydrogen-bond acceptors (Lipinski definition) is 10. The second kappa shape index (κ2) is 29.7. The van der Waals surface area contributed by atoms with Crippen LogP contribution < -0.4 is 43.4 Å². The van der Waals surface area contributed by atoms with Crippen molar-refractivity contribution in [2.24, 2.45) is 35.3 Å². The number of nitrogens with one attached hydrogen (secondary N) is 6. The lowest BCUT2D eigenvalue weighted by Crippen LogP contribution is -2.71. The Kier molecular flexibility index (Phi) is 24.9. The number of benzene rings is 1. The highest BCUT2D eigenvalue weighted by Gasteiger charge is 2.43. The third kappa shape index (κ3) is 19.3. The Hall–Kier alpha value is -6.12. The number of nitrogens with two attached hydrogens (primary N) is 1. The molecule has 3 rings (SSSR count). The minimum Gasteiger partial charge on any atom is -0.480 e. The number of nitrogens with zero attached hydrogens (tertiary/aromatic N) is 2. The Morgan fingerprint density at radius 2 is 0.959 bits per heavy atom. The van der Waals surface area contributed by atoms with E-state index in [1.165, 1.54) is 9.80 Å². The first-order valence-electron chi connectivity index (χ1n) is 26.5.